The van der Waals surface area contributed by atoms with Gasteiger partial charge in [-0.25, -0.2) is 4.57 Å². The van der Waals surface area contributed by atoms with Crippen molar-refractivity contribution in [1.29, 1.82) is 0 Å². The Kier molecular flexibility index (Phi) is 3.46. The highest BCUT2D eigenvalue weighted by molar-refractivity contribution is 5.98. The fourth-order valence-electron chi connectivity index (χ4n) is 3.31. The molecule has 0 aliphatic carbocycles. The third-order valence-corrected chi connectivity index (χ3v) is 4.68. The third-order valence-electron chi connectivity index (χ3n) is 4.68. The lowest BCUT2D eigenvalue weighted by Gasteiger charge is -2.09. The van der Waals surface area contributed by atoms with Gasteiger partial charge in [0.05, 0.1) is 12.7 Å². The van der Waals surface area contributed by atoms with Crippen LogP contribution in [0.1, 0.15) is 5.56 Å². The number of aryl methyl sites for hydroxylation is 2. The largest absolute Gasteiger partial charge is 0.497 e. The number of pyridine rings is 1. The van der Waals surface area contributed by atoms with E-state index in [-0.39, 0.29) is 0 Å². The van der Waals surface area contributed by atoms with Crippen molar-refractivity contribution >= 4 is 21.5 Å². The average Bonchev–Trinajstić information content (AvgIpc) is 2.60. The minimum absolute atomic E-state index is 0.884. The Balaban J connectivity index is 1.99. The molecule has 0 saturated heterocycles. The van der Waals surface area contributed by atoms with Gasteiger partial charge in [-0.15, -0.1) is 0 Å². The van der Waals surface area contributed by atoms with Crippen LogP contribution in [0.4, 0.5) is 0 Å². The summed E-state index contributed by atoms with van der Waals surface area (Å²) in [4.78, 5) is 0. The molecule has 0 radical (unpaired) electrons. The van der Waals surface area contributed by atoms with Crippen molar-refractivity contribution in [3.05, 3.63) is 72.4 Å². The van der Waals surface area contributed by atoms with Gasteiger partial charge in [0.2, 0.25) is 5.69 Å². The molecular formula is C22H20NO+. The zero-order chi connectivity index (χ0) is 16.7. The highest BCUT2D eigenvalue weighted by Gasteiger charge is 2.15. The molecule has 2 heteroatoms. The molecule has 4 rings (SSSR count). The summed E-state index contributed by atoms with van der Waals surface area (Å²) in [6.07, 6.45) is 2.20. The predicted molar refractivity (Wildman–Crippen MR) is 99.4 cm³/mol. The second kappa shape index (κ2) is 5.64. The lowest BCUT2D eigenvalue weighted by Crippen LogP contribution is -2.30. The Hall–Kier alpha value is -2.87. The van der Waals surface area contributed by atoms with Gasteiger partial charge in [0.15, 0.2) is 6.20 Å². The molecule has 0 unspecified atom stereocenters. The molecule has 0 aliphatic rings. The summed E-state index contributed by atoms with van der Waals surface area (Å²) >= 11 is 0. The number of ether oxygens (including phenoxy) is 1. The summed E-state index contributed by atoms with van der Waals surface area (Å²) in [5, 5.41) is 5.05. The molecule has 0 bridgehead atoms. The van der Waals surface area contributed by atoms with Crippen LogP contribution in [0.2, 0.25) is 0 Å². The van der Waals surface area contributed by atoms with Crippen LogP contribution in [0.15, 0.2) is 66.9 Å². The molecule has 0 amide bonds. The van der Waals surface area contributed by atoms with Crippen molar-refractivity contribution in [3.63, 3.8) is 0 Å². The van der Waals surface area contributed by atoms with E-state index in [1.54, 1.807) is 7.11 Å². The quantitative estimate of drug-likeness (QED) is 0.382. The molecule has 0 saturated carbocycles. The Morgan fingerprint density at radius 3 is 2.21 bits per heavy atom. The molecule has 4 aromatic rings. The van der Waals surface area contributed by atoms with Crippen molar-refractivity contribution in [2.45, 2.75) is 6.92 Å². The minimum Gasteiger partial charge on any atom is -0.497 e. The predicted octanol–water partition coefficient (Wildman–Crippen LogP) is 4.80. The number of hydrogen-bond acceptors (Lipinski definition) is 1. The van der Waals surface area contributed by atoms with Crippen LogP contribution < -0.4 is 9.30 Å². The highest BCUT2D eigenvalue weighted by atomic mass is 16.5. The lowest BCUT2D eigenvalue weighted by molar-refractivity contribution is -0.659. The number of aromatic nitrogens is 1. The fraction of sp³-hybridized carbons (Fsp3) is 0.136. The van der Waals surface area contributed by atoms with Crippen LogP contribution in [-0.4, -0.2) is 7.11 Å². The summed E-state index contributed by atoms with van der Waals surface area (Å²) in [5.41, 5.74) is 3.63. The molecule has 1 heterocycles. The van der Waals surface area contributed by atoms with E-state index in [0.29, 0.717) is 0 Å². The highest BCUT2D eigenvalue weighted by Crippen LogP contribution is 2.29. The Labute approximate surface area is 141 Å². The van der Waals surface area contributed by atoms with E-state index in [4.69, 9.17) is 4.74 Å². The zero-order valence-corrected chi connectivity index (χ0v) is 14.2. The maximum atomic E-state index is 5.41. The number of rotatable bonds is 2. The SMILES string of the molecule is COc1ccc(C)c(-c2cc3cc4ccccc4cc3c[n+]2C)c1. The average molecular weight is 314 g/mol. The molecule has 3 aromatic carbocycles. The number of fused-ring (bicyclic) bond motifs is 2. The number of nitrogens with zero attached hydrogens (tertiary/aromatic N) is 1. The molecule has 0 spiro atoms. The summed E-state index contributed by atoms with van der Waals surface area (Å²) in [5.74, 6) is 0.884. The summed E-state index contributed by atoms with van der Waals surface area (Å²) in [7, 11) is 3.81. The van der Waals surface area contributed by atoms with Crippen molar-refractivity contribution in [2.75, 3.05) is 7.11 Å². The van der Waals surface area contributed by atoms with Gasteiger partial charge in [0, 0.05) is 11.5 Å². The van der Waals surface area contributed by atoms with E-state index in [9.17, 15) is 0 Å². The van der Waals surface area contributed by atoms with Crippen LogP contribution in [0.3, 0.4) is 0 Å². The molecule has 0 aliphatic heterocycles. The topological polar surface area (TPSA) is 13.1 Å². The first-order valence-electron chi connectivity index (χ1n) is 8.13. The van der Waals surface area contributed by atoms with E-state index in [2.05, 4.69) is 79.3 Å². The molecule has 1 aromatic heterocycles. The lowest BCUT2D eigenvalue weighted by atomic mass is 10.00. The minimum atomic E-state index is 0.884. The van der Waals surface area contributed by atoms with Gasteiger partial charge in [0.25, 0.3) is 0 Å². The van der Waals surface area contributed by atoms with Gasteiger partial charge in [0.1, 0.15) is 12.8 Å². The maximum Gasteiger partial charge on any atom is 0.213 e. The molecule has 118 valence electrons. The molecule has 0 fully saturated rings. The first-order chi connectivity index (χ1) is 11.7. The van der Waals surface area contributed by atoms with Crippen LogP contribution in [0, 0.1) is 6.92 Å². The van der Waals surface area contributed by atoms with Crippen LogP contribution >= 0.6 is 0 Å². The number of benzene rings is 3. The standard InChI is InChI=1S/C22H20NO/c1-15-8-9-20(24-3)13-21(15)22-12-18-10-16-6-4-5-7-17(16)11-19(18)14-23(22)2/h4-14H,1-3H3/q+1. The Morgan fingerprint density at radius 2 is 1.50 bits per heavy atom. The molecule has 2 nitrogen and oxygen atoms in total. The number of methoxy groups -OCH3 is 1. The van der Waals surface area contributed by atoms with Crippen LogP contribution in [0.5, 0.6) is 5.75 Å². The van der Waals surface area contributed by atoms with Crippen molar-refractivity contribution in [2.24, 2.45) is 7.05 Å². The zero-order valence-electron chi connectivity index (χ0n) is 14.2. The Morgan fingerprint density at radius 1 is 0.792 bits per heavy atom. The van der Waals surface area contributed by atoms with Crippen LogP contribution in [-0.2, 0) is 7.05 Å². The van der Waals surface area contributed by atoms with E-state index in [1.165, 1.54) is 38.4 Å². The van der Waals surface area contributed by atoms with E-state index in [1.807, 2.05) is 6.07 Å². The van der Waals surface area contributed by atoms with Gasteiger partial charge >= 0.3 is 0 Å². The van der Waals surface area contributed by atoms with E-state index in [0.717, 1.165) is 5.75 Å². The maximum absolute atomic E-state index is 5.41. The number of hydrogen-bond donors (Lipinski definition) is 0. The van der Waals surface area contributed by atoms with Gasteiger partial charge in [-0.05, 0) is 52.9 Å². The third kappa shape index (κ3) is 2.41. The molecular weight excluding hydrogens is 294 g/mol. The monoisotopic (exact) mass is 314 g/mol. The van der Waals surface area contributed by atoms with E-state index < -0.39 is 0 Å². The van der Waals surface area contributed by atoms with Gasteiger partial charge < -0.3 is 4.74 Å². The fourth-order valence-corrected chi connectivity index (χ4v) is 3.31. The van der Waals surface area contributed by atoms with Crippen LogP contribution in [0.25, 0.3) is 32.8 Å². The van der Waals surface area contributed by atoms with Crippen molar-refractivity contribution in [3.8, 4) is 17.0 Å². The summed E-state index contributed by atoms with van der Waals surface area (Å²) in [6.45, 7) is 2.14. The smallest absolute Gasteiger partial charge is 0.213 e. The second-order valence-electron chi connectivity index (χ2n) is 6.28. The normalized spacial score (nSPS) is 11.1. The molecule has 0 atom stereocenters. The van der Waals surface area contributed by atoms with Gasteiger partial charge in [-0.3, -0.25) is 0 Å². The molecule has 24 heavy (non-hydrogen) atoms. The van der Waals surface area contributed by atoms with Gasteiger partial charge in [-0.2, -0.15) is 0 Å². The van der Waals surface area contributed by atoms with E-state index >= 15 is 0 Å². The summed E-state index contributed by atoms with van der Waals surface area (Å²) in [6, 6.07) is 21.5. The first kappa shape index (κ1) is 14.7. The summed E-state index contributed by atoms with van der Waals surface area (Å²) < 4.78 is 7.60. The van der Waals surface area contributed by atoms with Crippen molar-refractivity contribution < 1.29 is 9.30 Å². The first-order valence-corrected chi connectivity index (χ1v) is 8.13. The van der Waals surface area contributed by atoms with Gasteiger partial charge in [-0.1, -0.05) is 30.3 Å². The molecule has 0 N–H and O–H groups in total. The second-order valence-corrected chi connectivity index (χ2v) is 6.28. The van der Waals surface area contributed by atoms with Crippen molar-refractivity contribution in [1.82, 2.24) is 0 Å². The Bertz CT molecular complexity index is 1070.